The maximum atomic E-state index is 11.8. The molecule has 6 heteroatoms. The zero-order valence-electron chi connectivity index (χ0n) is 17.2. The molecule has 0 saturated carbocycles. The van der Waals surface area contributed by atoms with E-state index in [1.54, 1.807) is 6.07 Å². The van der Waals surface area contributed by atoms with Crippen LogP contribution in [0.3, 0.4) is 0 Å². The molecule has 0 heterocycles. The van der Waals surface area contributed by atoms with E-state index in [1.165, 1.54) is 11.8 Å². The molecule has 0 aliphatic carbocycles. The molecule has 0 amide bonds. The van der Waals surface area contributed by atoms with Crippen molar-refractivity contribution in [2.24, 2.45) is 4.99 Å². The number of aryl methyl sites for hydroxylation is 1. The first-order valence-corrected chi connectivity index (χ1v) is 11.6. The van der Waals surface area contributed by atoms with Gasteiger partial charge in [0.2, 0.25) is 0 Å². The van der Waals surface area contributed by atoms with E-state index in [9.17, 15) is 8.42 Å². The monoisotopic (exact) mass is 401 g/mol. The van der Waals surface area contributed by atoms with Gasteiger partial charge in [0.15, 0.2) is 15.8 Å². The van der Waals surface area contributed by atoms with Crippen molar-refractivity contribution in [3.8, 4) is 0 Å². The standard InChI is InChI=1S/C22H31N3O2S/c1-5-19(20-10-8-7-9-11-20)16-25-22(23-6-2)24-15-18-12-13-21(17(3)14-18)28(4,26)27/h7-14,19H,5-6,15-16H2,1-4H3,(H2,23,24,25). The van der Waals surface area contributed by atoms with Crippen LogP contribution in [-0.2, 0) is 16.4 Å². The van der Waals surface area contributed by atoms with Gasteiger partial charge in [0, 0.05) is 25.3 Å². The van der Waals surface area contributed by atoms with Crippen LogP contribution in [0.5, 0.6) is 0 Å². The second kappa shape index (κ2) is 10.3. The molecular weight excluding hydrogens is 370 g/mol. The first-order chi connectivity index (χ1) is 13.3. The molecule has 2 N–H and O–H groups in total. The Bertz CT molecular complexity index is 893. The number of aliphatic imine (C=N–C) groups is 1. The minimum absolute atomic E-state index is 0.374. The maximum absolute atomic E-state index is 11.8. The number of guanidine groups is 1. The second-order valence-corrected chi connectivity index (χ2v) is 8.95. The maximum Gasteiger partial charge on any atom is 0.191 e. The van der Waals surface area contributed by atoms with Crippen LogP contribution in [0.15, 0.2) is 58.4 Å². The van der Waals surface area contributed by atoms with Crippen molar-refractivity contribution >= 4 is 15.8 Å². The fraction of sp³-hybridized carbons (Fsp3) is 0.409. The van der Waals surface area contributed by atoms with Crippen LogP contribution in [0.4, 0.5) is 0 Å². The summed E-state index contributed by atoms with van der Waals surface area (Å²) < 4.78 is 23.5. The summed E-state index contributed by atoms with van der Waals surface area (Å²) in [6, 6.07) is 15.9. The Kier molecular flexibility index (Phi) is 8.05. The molecule has 5 nitrogen and oxygen atoms in total. The van der Waals surface area contributed by atoms with Gasteiger partial charge in [-0.05, 0) is 43.0 Å². The van der Waals surface area contributed by atoms with Crippen LogP contribution < -0.4 is 10.6 Å². The Hall–Kier alpha value is -2.34. The second-order valence-electron chi connectivity index (χ2n) is 6.96. The molecule has 152 valence electrons. The zero-order valence-corrected chi connectivity index (χ0v) is 18.0. The molecule has 2 rings (SSSR count). The third-order valence-corrected chi connectivity index (χ3v) is 5.94. The molecule has 28 heavy (non-hydrogen) atoms. The summed E-state index contributed by atoms with van der Waals surface area (Å²) in [5, 5.41) is 6.71. The van der Waals surface area contributed by atoms with E-state index in [4.69, 9.17) is 0 Å². The molecule has 2 aromatic rings. The predicted octanol–water partition coefficient (Wildman–Crippen LogP) is 3.65. The molecule has 1 atom stereocenters. The van der Waals surface area contributed by atoms with Crippen molar-refractivity contribution < 1.29 is 8.42 Å². The normalized spacial score (nSPS) is 13.2. The lowest BCUT2D eigenvalue weighted by Gasteiger charge is -2.18. The molecular formula is C22H31N3O2S. The van der Waals surface area contributed by atoms with Gasteiger partial charge in [0.25, 0.3) is 0 Å². The van der Waals surface area contributed by atoms with Crippen LogP contribution in [-0.4, -0.2) is 33.7 Å². The zero-order chi connectivity index (χ0) is 20.6. The number of nitrogens with one attached hydrogen (secondary N) is 2. The van der Waals surface area contributed by atoms with Gasteiger partial charge in [-0.25, -0.2) is 13.4 Å². The van der Waals surface area contributed by atoms with Crippen molar-refractivity contribution in [3.63, 3.8) is 0 Å². The van der Waals surface area contributed by atoms with E-state index in [0.29, 0.717) is 17.4 Å². The lowest BCUT2D eigenvalue weighted by atomic mass is 9.97. The lowest BCUT2D eigenvalue weighted by molar-refractivity contribution is 0.601. The van der Waals surface area contributed by atoms with Gasteiger partial charge in [-0.2, -0.15) is 0 Å². The highest BCUT2D eigenvalue weighted by molar-refractivity contribution is 7.90. The molecule has 0 bridgehead atoms. The van der Waals surface area contributed by atoms with Gasteiger partial charge in [0.05, 0.1) is 11.4 Å². The van der Waals surface area contributed by atoms with Crippen molar-refractivity contribution in [1.29, 1.82) is 0 Å². The van der Waals surface area contributed by atoms with Crippen LogP contribution in [0.25, 0.3) is 0 Å². The first-order valence-electron chi connectivity index (χ1n) is 9.71. The summed E-state index contributed by atoms with van der Waals surface area (Å²) in [5.74, 6) is 1.18. The molecule has 2 aromatic carbocycles. The number of benzene rings is 2. The Morgan fingerprint density at radius 1 is 1.07 bits per heavy atom. The van der Waals surface area contributed by atoms with E-state index in [1.807, 2.05) is 32.0 Å². The summed E-state index contributed by atoms with van der Waals surface area (Å²) in [7, 11) is -3.20. The van der Waals surface area contributed by atoms with E-state index >= 15 is 0 Å². The van der Waals surface area contributed by atoms with E-state index in [0.717, 1.165) is 36.6 Å². The first kappa shape index (κ1) is 22.0. The molecule has 0 spiro atoms. The Morgan fingerprint density at radius 2 is 1.79 bits per heavy atom. The summed E-state index contributed by atoms with van der Waals surface area (Å²) in [6.07, 6.45) is 2.28. The minimum Gasteiger partial charge on any atom is -0.357 e. The number of hydrogen-bond acceptors (Lipinski definition) is 3. The topological polar surface area (TPSA) is 70.6 Å². The number of sulfone groups is 1. The average Bonchev–Trinajstić information content (AvgIpc) is 2.66. The SMILES string of the molecule is CCNC(=NCc1ccc(S(C)(=O)=O)c(C)c1)NCC(CC)c1ccccc1. The quantitative estimate of drug-likeness (QED) is 0.523. The number of rotatable bonds is 8. The Balaban J connectivity index is 2.07. The van der Waals surface area contributed by atoms with Gasteiger partial charge in [0.1, 0.15) is 0 Å². The summed E-state index contributed by atoms with van der Waals surface area (Å²) >= 11 is 0. The van der Waals surface area contributed by atoms with Gasteiger partial charge >= 0.3 is 0 Å². The van der Waals surface area contributed by atoms with Crippen LogP contribution in [0, 0.1) is 6.92 Å². The van der Waals surface area contributed by atoms with Gasteiger partial charge in [-0.3, -0.25) is 0 Å². The smallest absolute Gasteiger partial charge is 0.191 e. The summed E-state index contributed by atoms with van der Waals surface area (Å²) in [4.78, 5) is 5.04. The molecule has 0 aromatic heterocycles. The highest BCUT2D eigenvalue weighted by atomic mass is 32.2. The predicted molar refractivity (Wildman–Crippen MR) is 117 cm³/mol. The molecule has 0 saturated heterocycles. The highest BCUT2D eigenvalue weighted by Gasteiger charge is 2.12. The van der Waals surface area contributed by atoms with Gasteiger partial charge in [-0.1, -0.05) is 49.4 Å². The highest BCUT2D eigenvalue weighted by Crippen LogP contribution is 2.18. The third-order valence-electron chi connectivity index (χ3n) is 4.68. The van der Waals surface area contributed by atoms with Crippen molar-refractivity contribution in [3.05, 3.63) is 65.2 Å². The number of hydrogen-bond donors (Lipinski definition) is 2. The van der Waals surface area contributed by atoms with Gasteiger partial charge < -0.3 is 10.6 Å². The van der Waals surface area contributed by atoms with Crippen molar-refractivity contribution in [1.82, 2.24) is 10.6 Å². The van der Waals surface area contributed by atoms with Crippen molar-refractivity contribution in [2.75, 3.05) is 19.3 Å². The van der Waals surface area contributed by atoms with Gasteiger partial charge in [-0.15, -0.1) is 0 Å². The Labute approximate surface area is 169 Å². The Morgan fingerprint density at radius 3 is 2.36 bits per heavy atom. The molecule has 0 aliphatic heterocycles. The lowest BCUT2D eigenvalue weighted by Crippen LogP contribution is -2.39. The minimum atomic E-state index is -3.20. The third kappa shape index (κ3) is 6.37. The molecule has 0 fully saturated rings. The largest absolute Gasteiger partial charge is 0.357 e. The molecule has 0 aliphatic rings. The van der Waals surface area contributed by atoms with E-state index in [-0.39, 0.29) is 0 Å². The molecule has 0 radical (unpaired) electrons. The van der Waals surface area contributed by atoms with E-state index < -0.39 is 9.84 Å². The summed E-state index contributed by atoms with van der Waals surface area (Å²) in [5.41, 5.74) is 3.06. The van der Waals surface area contributed by atoms with Crippen LogP contribution in [0.1, 0.15) is 42.9 Å². The average molecular weight is 402 g/mol. The summed E-state index contributed by atoms with van der Waals surface area (Å²) in [6.45, 7) is 8.12. The van der Waals surface area contributed by atoms with E-state index in [2.05, 4.69) is 46.8 Å². The fourth-order valence-electron chi connectivity index (χ4n) is 3.18. The fourth-order valence-corrected chi connectivity index (χ4v) is 4.14. The van der Waals surface area contributed by atoms with Crippen LogP contribution >= 0.6 is 0 Å². The number of nitrogens with zero attached hydrogens (tertiary/aromatic N) is 1. The molecule has 1 unspecified atom stereocenters. The van der Waals surface area contributed by atoms with Crippen LogP contribution in [0.2, 0.25) is 0 Å². The van der Waals surface area contributed by atoms with Crippen molar-refractivity contribution in [2.45, 2.75) is 44.6 Å².